The highest BCUT2D eigenvalue weighted by atomic mass is 16.5. The predicted molar refractivity (Wildman–Crippen MR) is 55.1 cm³/mol. The van der Waals surface area contributed by atoms with Crippen molar-refractivity contribution in [1.29, 1.82) is 5.26 Å². The van der Waals surface area contributed by atoms with Crippen molar-refractivity contribution in [3.05, 3.63) is 24.0 Å². The zero-order chi connectivity index (χ0) is 10.7. The van der Waals surface area contributed by atoms with Gasteiger partial charge in [0.25, 0.3) is 0 Å². The van der Waals surface area contributed by atoms with Gasteiger partial charge in [0, 0.05) is 0 Å². The standard InChI is InChI=1S/C11H13N3O/c12-5-8-3-11(4-8)15-10-2-1-9(6-13)14-7-10/h1-2,7-8,11H,3-5,12H2. The molecule has 1 aromatic heterocycles. The van der Waals surface area contributed by atoms with Gasteiger partial charge in [0.15, 0.2) is 0 Å². The van der Waals surface area contributed by atoms with E-state index in [1.54, 1.807) is 18.3 Å². The van der Waals surface area contributed by atoms with E-state index < -0.39 is 0 Å². The van der Waals surface area contributed by atoms with E-state index in [9.17, 15) is 0 Å². The van der Waals surface area contributed by atoms with Gasteiger partial charge in [-0.2, -0.15) is 5.26 Å². The molecule has 0 aromatic carbocycles. The summed E-state index contributed by atoms with van der Waals surface area (Å²) in [6.07, 6.45) is 3.91. The molecule has 0 aliphatic heterocycles. The van der Waals surface area contributed by atoms with E-state index in [0.29, 0.717) is 11.6 Å². The maximum Gasteiger partial charge on any atom is 0.140 e. The molecule has 1 fully saturated rings. The summed E-state index contributed by atoms with van der Waals surface area (Å²) in [6.45, 7) is 0.742. The number of aromatic nitrogens is 1. The van der Waals surface area contributed by atoms with Gasteiger partial charge in [-0.1, -0.05) is 0 Å². The molecule has 1 saturated carbocycles. The van der Waals surface area contributed by atoms with Gasteiger partial charge in [-0.05, 0) is 37.4 Å². The Bertz CT molecular complexity index is 362. The normalized spacial score (nSPS) is 24.0. The van der Waals surface area contributed by atoms with Crippen LogP contribution in [-0.4, -0.2) is 17.6 Å². The average Bonchev–Trinajstić information content (AvgIpc) is 2.23. The zero-order valence-electron chi connectivity index (χ0n) is 8.39. The quantitative estimate of drug-likeness (QED) is 0.797. The van der Waals surface area contributed by atoms with Crippen LogP contribution in [0.4, 0.5) is 0 Å². The molecule has 2 rings (SSSR count). The van der Waals surface area contributed by atoms with Gasteiger partial charge in [0.1, 0.15) is 17.5 Å². The minimum Gasteiger partial charge on any atom is -0.489 e. The molecular weight excluding hydrogens is 190 g/mol. The van der Waals surface area contributed by atoms with Crippen molar-refractivity contribution >= 4 is 0 Å². The van der Waals surface area contributed by atoms with Crippen molar-refractivity contribution in [3.8, 4) is 11.8 Å². The fourth-order valence-corrected chi connectivity index (χ4v) is 1.67. The first-order chi connectivity index (χ1) is 7.31. The highest BCUT2D eigenvalue weighted by Gasteiger charge is 2.29. The highest BCUT2D eigenvalue weighted by molar-refractivity contribution is 5.26. The topological polar surface area (TPSA) is 71.9 Å². The van der Waals surface area contributed by atoms with Crippen LogP contribution < -0.4 is 10.5 Å². The third kappa shape index (κ3) is 2.25. The first kappa shape index (κ1) is 9.94. The number of pyridine rings is 1. The van der Waals surface area contributed by atoms with E-state index in [4.69, 9.17) is 15.7 Å². The summed E-state index contributed by atoms with van der Waals surface area (Å²) in [5, 5.41) is 8.57. The molecule has 0 unspecified atom stereocenters. The molecule has 0 bridgehead atoms. The van der Waals surface area contributed by atoms with Crippen LogP contribution in [0.3, 0.4) is 0 Å². The van der Waals surface area contributed by atoms with Crippen LogP contribution in [0.2, 0.25) is 0 Å². The summed E-state index contributed by atoms with van der Waals surface area (Å²) >= 11 is 0. The molecular formula is C11H13N3O. The minimum absolute atomic E-state index is 0.272. The van der Waals surface area contributed by atoms with E-state index in [1.165, 1.54) is 0 Å². The van der Waals surface area contributed by atoms with E-state index >= 15 is 0 Å². The van der Waals surface area contributed by atoms with Gasteiger partial charge >= 0.3 is 0 Å². The molecule has 0 saturated heterocycles. The van der Waals surface area contributed by atoms with Crippen LogP contribution >= 0.6 is 0 Å². The molecule has 15 heavy (non-hydrogen) atoms. The lowest BCUT2D eigenvalue weighted by molar-refractivity contribution is 0.0687. The first-order valence-electron chi connectivity index (χ1n) is 5.04. The number of ether oxygens (including phenoxy) is 1. The van der Waals surface area contributed by atoms with E-state index in [0.717, 1.165) is 25.1 Å². The van der Waals surface area contributed by atoms with Crippen molar-refractivity contribution in [2.45, 2.75) is 18.9 Å². The van der Waals surface area contributed by atoms with Crippen molar-refractivity contribution in [2.75, 3.05) is 6.54 Å². The molecule has 1 heterocycles. The minimum atomic E-state index is 0.272. The number of nitrogens with two attached hydrogens (primary N) is 1. The average molecular weight is 203 g/mol. The van der Waals surface area contributed by atoms with Gasteiger partial charge in [0.2, 0.25) is 0 Å². The fourth-order valence-electron chi connectivity index (χ4n) is 1.67. The predicted octanol–water partition coefficient (Wildman–Crippen LogP) is 1.07. The van der Waals surface area contributed by atoms with Crippen LogP contribution in [0.15, 0.2) is 18.3 Å². The number of rotatable bonds is 3. The molecule has 0 radical (unpaired) electrons. The number of hydrogen-bond acceptors (Lipinski definition) is 4. The van der Waals surface area contributed by atoms with Crippen molar-refractivity contribution in [3.63, 3.8) is 0 Å². The maximum absolute atomic E-state index is 8.57. The molecule has 4 nitrogen and oxygen atoms in total. The number of hydrogen-bond donors (Lipinski definition) is 1. The molecule has 0 spiro atoms. The fraction of sp³-hybridized carbons (Fsp3) is 0.455. The summed E-state index contributed by atoms with van der Waals surface area (Å²) in [5.74, 6) is 1.34. The Hall–Kier alpha value is -1.60. The van der Waals surface area contributed by atoms with Crippen molar-refractivity contribution in [2.24, 2.45) is 11.7 Å². The van der Waals surface area contributed by atoms with Gasteiger partial charge in [-0.3, -0.25) is 0 Å². The Balaban J connectivity index is 1.87. The van der Waals surface area contributed by atoms with Crippen LogP contribution in [0, 0.1) is 17.2 Å². The Kier molecular flexibility index (Phi) is 2.84. The Morgan fingerprint density at radius 3 is 2.87 bits per heavy atom. The molecule has 4 heteroatoms. The second-order valence-corrected chi connectivity index (χ2v) is 3.80. The Labute approximate surface area is 88.7 Å². The smallest absolute Gasteiger partial charge is 0.140 e. The summed E-state index contributed by atoms with van der Waals surface area (Å²) in [6, 6.07) is 5.41. The van der Waals surface area contributed by atoms with Gasteiger partial charge < -0.3 is 10.5 Å². The third-order valence-electron chi connectivity index (χ3n) is 2.68. The van der Waals surface area contributed by atoms with Crippen molar-refractivity contribution in [1.82, 2.24) is 4.98 Å². The number of nitrogens with zero attached hydrogens (tertiary/aromatic N) is 2. The SMILES string of the molecule is N#Cc1ccc(OC2CC(CN)C2)cn1. The van der Waals surface area contributed by atoms with Crippen LogP contribution in [0.25, 0.3) is 0 Å². The largest absolute Gasteiger partial charge is 0.489 e. The highest BCUT2D eigenvalue weighted by Crippen LogP contribution is 2.30. The van der Waals surface area contributed by atoms with Crippen molar-refractivity contribution < 1.29 is 4.74 Å². The molecule has 1 aliphatic rings. The summed E-state index contributed by atoms with van der Waals surface area (Å²) < 4.78 is 5.65. The Morgan fingerprint density at radius 1 is 1.53 bits per heavy atom. The van der Waals surface area contributed by atoms with Gasteiger partial charge in [-0.25, -0.2) is 4.98 Å². The summed E-state index contributed by atoms with van der Waals surface area (Å²) in [4.78, 5) is 3.94. The molecule has 0 amide bonds. The lowest BCUT2D eigenvalue weighted by Crippen LogP contribution is -2.37. The Morgan fingerprint density at radius 2 is 2.33 bits per heavy atom. The van der Waals surface area contributed by atoms with Crippen LogP contribution in [0.1, 0.15) is 18.5 Å². The molecule has 0 atom stereocenters. The zero-order valence-corrected chi connectivity index (χ0v) is 8.39. The first-order valence-corrected chi connectivity index (χ1v) is 5.04. The van der Waals surface area contributed by atoms with E-state index in [1.807, 2.05) is 6.07 Å². The lowest BCUT2D eigenvalue weighted by atomic mass is 9.82. The second kappa shape index (κ2) is 4.28. The monoisotopic (exact) mass is 203 g/mol. The van der Waals surface area contributed by atoms with Crippen LogP contribution in [-0.2, 0) is 0 Å². The molecule has 1 aromatic rings. The molecule has 78 valence electrons. The maximum atomic E-state index is 8.57. The number of nitriles is 1. The lowest BCUT2D eigenvalue weighted by Gasteiger charge is -2.34. The summed E-state index contributed by atoms with van der Waals surface area (Å²) in [5.41, 5.74) is 5.94. The van der Waals surface area contributed by atoms with E-state index in [-0.39, 0.29) is 6.10 Å². The molecule has 1 aliphatic carbocycles. The van der Waals surface area contributed by atoms with Crippen LogP contribution in [0.5, 0.6) is 5.75 Å². The molecule has 2 N–H and O–H groups in total. The third-order valence-corrected chi connectivity index (χ3v) is 2.68. The van der Waals surface area contributed by atoms with E-state index in [2.05, 4.69) is 4.98 Å². The summed E-state index contributed by atoms with van der Waals surface area (Å²) in [7, 11) is 0. The second-order valence-electron chi connectivity index (χ2n) is 3.80. The van der Waals surface area contributed by atoms with Gasteiger partial charge in [0.05, 0.1) is 12.3 Å². The van der Waals surface area contributed by atoms with Gasteiger partial charge in [-0.15, -0.1) is 0 Å².